The molecule has 1 nitrogen and oxygen atoms in total. The van der Waals surface area contributed by atoms with Gasteiger partial charge in [0.2, 0.25) is 0 Å². The van der Waals surface area contributed by atoms with Crippen molar-refractivity contribution in [2.75, 3.05) is 5.32 Å². The fourth-order valence-corrected chi connectivity index (χ4v) is 9.95. The molecule has 1 N–H and O–H groups in total. The summed E-state index contributed by atoms with van der Waals surface area (Å²) in [6.45, 7) is 0. The number of hydrogen-bond acceptors (Lipinski definition) is 2. The highest BCUT2D eigenvalue weighted by molar-refractivity contribution is 7.25. The second-order valence-corrected chi connectivity index (χ2v) is 14.4. The fourth-order valence-electron chi connectivity index (χ4n) is 8.87. The van der Waals surface area contributed by atoms with Gasteiger partial charge in [-0.3, -0.25) is 0 Å². The molecule has 1 unspecified atom stereocenters. The minimum atomic E-state index is -0.381. The average Bonchev–Trinajstić information content (AvgIpc) is 3.79. The lowest BCUT2D eigenvalue weighted by Crippen LogP contribution is -2.25. The van der Waals surface area contributed by atoms with Crippen LogP contribution in [0.1, 0.15) is 22.3 Å². The van der Waals surface area contributed by atoms with Gasteiger partial charge >= 0.3 is 0 Å². The number of fused-ring (bicyclic) bond motifs is 15. The summed E-state index contributed by atoms with van der Waals surface area (Å²) in [5.41, 5.74) is 15.0. The predicted octanol–water partition coefficient (Wildman–Crippen LogP) is 13.0. The second kappa shape index (κ2) is 10.0. The Morgan fingerprint density at radius 3 is 1.88 bits per heavy atom. The lowest BCUT2D eigenvalue weighted by Gasteiger charge is -2.30. The predicted molar refractivity (Wildman–Crippen MR) is 208 cm³/mol. The molecule has 0 amide bonds. The van der Waals surface area contributed by atoms with Gasteiger partial charge in [0.25, 0.3) is 0 Å². The van der Waals surface area contributed by atoms with Gasteiger partial charge in [-0.15, -0.1) is 11.3 Å². The molecule has 9 aromatic rings. The number of benzene rings is 8. The first-order valence-electron chi connectivity index (χ1n) is 16.9. The molecule has 2 heteroatoms. The third kappa shape index (κ3) is 3.64. The molecule has 11 rings (SSSR count). The Morgan fingerprint density at radius 1 is 0.408 bits per heavy atom. The molecule has 0 fully saturated rings. The van der Waals surface area contributed by atoms with Crippen molar-refractivity contribution in [1.82, 2.24) is 0 Å². The van der Waals surface area contributed by atoms with Crippen LogP contribution in [0.15, 0.2) is 170 Å². The van der Waals surface area contributed by atoms with Crippen LogP contribution in [0, 0.1) is 0 Å². The maximum Gasteiger partial charge on any atom is 0.0726 e. The summed E-state index contributed by atoms with van der Waals surface area (Å²) < 4.78 is 2.67. The molecule has 0 saturated carbocycles. The zero-order valence-corrected chi connectivity index (χ0v) is 27.4. The Kier molecular flexibility index (Phi) is 5.53. The molecule has 228 valence electrons. The Bertz CT molecular complexity index is 2800. The lowest BCUT2D eigenvalue weighted by atomic mass is 9.70. The largest absolute Gasteiger partial charge is 0.355 e. The molecule has 2 aliphatic rings. The second-order valence-electron chi connectivity index (χ2n) is 13.3. The summed E-state index contributed by atoms with van der Waals surface area (Å²) in [5.74, 6) is 0. The van der Waals surface area contributed by atoms with Gasteiger partial charge in [0.1, 0.15) is 0 Å². The SMILES string of the molecule is c1ccc2c(c1)-c1c(Nc3ccc(-c4ccc5sc6ccccc6c5c4)cc3)cccc1C21c2ccccc2-c2c1ccc1ccccc21. The zero-order chi connectivity index (χ0) is 32.1. The highest BCUT2D eigenvalue weighted by atomic mass is 32.1. The topological polar surface area (TPSA) is 12.0 Å². The van der Waals surface area contributed by atoms with Crippen LogP contribution in [0.3, 0.4) is 0 Å². The smallest absolute Gasteiger partial charge is 0.0726 e. The molecular weight excluding hydrogens is 611 g/mol. The van der Waals surface area contributed by atoms with Crippen molar-refractivity contribution < 1.29 is 0 Å². The van der Waals surface area contributed by atoms with E-state index in [1.54, 1.807) is 0 Å². The first-order valence-corrected chi connectivity index (χ1v) is 17.7. The number of thiophene rings is 1. The minimum absolute atomic E-state index is 0.381. The van der Waals surface area contributed by atoms with E-state index >= 15 is 0 Å². The van der Waals surface area contributed by atoms with Crippen molar-refractivity contribution in [3.8, 4) is 33.4 Å². The van der Waals surface area contributed by atoms with Gasteiger partial charge in [-0.05, 0) is 97.2 Å². The van der Waals surface area contributed by atoms with Gasteiger partial charge in [-0.1, -0.05) is 133 Å². The Labute approximate surface area is 288 Å². The van der Waals surface area contributed by atoms with E-state index in [0.29, 0.717) is 0 Å². The Morgan fingerprint density at radius 2 is 1.04 bits per heavy atom. The molecule has 0 radical (unpaired) electrons. The fraction of sp³-hybridized carbons (Fsp3) is 0.0213. The third-order valence-electron chi connectivity index (χ3n) is 10.9. The van der Waals surface area contributed by atoms with Crippen molar-refractivity contribution >= 4 is 53.7 Å². The van der Waals surface area contributed by atoms with Crippen LogP contribution in [0.4, 0.5) is 11.4 Å². The van der Waals surface area contributed by atoms with Crippen LogP contribution in [0.2, 0.25) is 0 Å². The van der Waals surface area contributed by atoms with Gasteiger partial charge in [0.05, 0.1) is 5.41 Å². The number of hydrogen-bond donors (Lipinski definition) is 1. The molecule has 0 aliphatic heterocycles. The van der Waals surface area contributed by atoms with Crippen LogP contribution in [0.25, 0.3) is 64.3 Å². The van der Waals surface area contributed by atoms with Gasteiger partial charge in [-0.2, -0.15) is 0 Å². The highest BCUT2D eigenvalue weighted by Crippen LogP contribution is 2.64. The Balaban J connectivity index is 1.05. The summed E-state index contributed by atoms with van der Waals surface area (Å²) in [4.78, 5) is 0. The molecule has 8 aromatic carbocycles. The van der Waals surface area contributed by atoms with E-state index in [1.165, 1.54) is 86.6 Å². The van der Waals surface area contributed by atoms with Gasteiger partial charge < -0.3 is 5.32 Å². The highest BCUT2D eigenvalue weighted by Gasteiger charge is 2.52. The first kappa shape index (κ1) is 27.0. The lowest BCUT2D eigenvalue weighted by molar-refractivity contribution is 0.794. The summed E-state index contributed by atoms with van der Waals surface area (Å²) in [5, 5.41) is 9.12. The summed E-state index contributed by atoms with van der Waals surface area (Å²) in [7, 11) is 0. The van der Waals surface area contributed by atoms with Crippen molar-refractivity contribution in [3.63, 3.8) is 0 Å². The van der Waals surface area contributed by atoms with E-state index in [1.807, 2.05) is 11.3 Å². The van der Waals surface area contributed by atoms with Gasteiger partial charge in [0, 0.05) is 37.1 Å². The van der Waals surface area contributed by atoms with E-state index in [9.17, 15) is 0 Å². The number of anilines is 2. The summed E-state index contributed by atoms with van der Waals surface area (Å²) >= 11 is 1.86. The normalized spacial score (nSPS) is 15.4. The summed E-state index contributed by atoms with van der Waals surface area (Å²) in [6.07, 6.45) is 0. The van der Waals surface area contributed by atoms with Crippen molar-refractivity contribution in [2.45, 2.75) is 5.41 Å². The molecule has 1 atom stereocenters. The van der Waals surface area contributed by atoms with Crippen LogP contribution in [0.5, 0.6) is 0 Å². The molecule has 1 aromatic heterocycles. The van der Waals surface area contributed by atoms with E-state index in [2.05, 4.69) is 175 Å². The molecule has 0 saturated heterocycles. The maximum atomic E-state index is 3.86. The van der Waals surface area contributed by atoms with Crippen molar-refractivity contribution in [2.24, 2.45) is 0 Å². The van der Waals surface area contributed by atoms with Crippen molar-refractivity contribution in [3.05, 3.63) is 192 Å². The van der Waals surface area contributed by atoms with Gasteiger partial charge in [-0.25, -0.2) is 0 Å². The van der Waals surface area contributed by atoms with E-state index in [-0.39, 0.29) is 5.41 Å². The van der Waals surface area contributed by atoms with E-state index in [0.717, 1.165) is 11.4 Å². The number of nitrogens with one attached hydrogen (secondary N) is 1. The van der Waals surface area contributed by atoms with Crippen LogP contribution in [-0.2, 0) is 5.41 Å². The molecule has 1 heterocycles. The molecule has 49 heavy (non-hydrogen) atoms. The minimum Gasteiger partial charge on any atom is -0.355 e. The van der Waals surface area contributed by atoms with E-state index < -0.39 is 0 Å². The van der Waals surface area contributed by atoms with E-state index in [4.69, 9.17) is 0 Å². The first-order chi connectivity index (χ1) is 24.3. The van der Waals surface area contributed by atoms with Gasteiger partial charge in [0.15, 0.2) is 0 Å². The average molecular weight is 640 g/mol. The maximum absolute atomic E-state index is 3.86. The quantitative estimate of drug-likeness (QED) is 0.203. The molecule has 1 spiro atoms. The van der Waals surface area contributed by atoms with Crippen LogP contribution >= 0.6 is 11.3 Å². The molecule has 0 bridgehead atoms. The zero-order valence-electron chi connectivity index (χ0n) is 26.6. The Hall–Kier alpha value is -5.96. The van der Waals surface area contributed by atoms with Crippen molar-refractivity contribution in [1.29, 1.82) is 0 Å². The standard InChI is InChI=1S/C47H29NS/c1-2-11-33-30(10-1)22-26-41-45(33)35-13-3-6-15-38(35)47(41)39-16-7-4-14-36(39)46-40(47)17-9-18-42(46)48-32-24-20-29(21-25-32)31-23-27-44-37(28-31)34-12-5-8-19-43(34)49-44/h1-28,48H. The van der Waals surface area contributed by atoms with Crippen LogP contribution in [-0.4, -0.2) is 0 Å². The van der Waals surface area contributed by atoms with Crippen LogP contribution < -0.4 is 5.32 Å². The number of rotatable bonds is 3. The third-order valence-corrected chi connectivity index (χ3v) is 12.0. The summed E-state index contributed by atoms with van der Waals surface area (Å²) in [6, 6.07) is 62.9. The monoisotopic (exact) mass is 639 g/mol. The molecular formula is C47H29NS. The molecule has 2 aliphatic carbocycles.